The number of nitrogens with one attached hydrogen (secondary N) is 2. The maximum atomic E-state index is 11.1. The molecule has 0 saturated heterocycles. The van der Waals surface area contributed by atoms with Crippen LogP contribution >= 0.6 is 0 Å². The Morgan fingerprint density at radius 1 is 1.30 bits per heavy atom. The van der Waals surface area contributed by atoms with Crippen LogP contribution in [0.2, 0.25) is 0 Å². The number of aromatic amines is 1. The number of nitro benzene ring substituents is 1. The van der Waals surface area contributed by atoms with Crippen molar-refractivity contribution in [3.63, 3.8) is 0 Å². The Labute approximate surface area is 157 Å². The Balaban J connectivity index is 1.47. The molecule has 1 amide bonds. The number of aryl methyl sites for hydroxylation is 1. The molecule has 4 atom stereocenters. The van der Waals surface area contributed by atoms with Crippen molar-refractivity contribution >= 4 is 17.5 Å². The topological polar surface area (TPSA) is 101 Å². The van der Waals surface area contributed by atoms with E-state index in [0.29, 0.717) is 29.6 Å². The fourth-order valence-corrected chi connectivity index (χ4v) is 4.67. The lowest BCUT2D eigenvalue weighted by Crippen LogP contribution is -2.18. The molecule has 4 rings (SSSR count). The summed E-state index contributed by atoms with van der Waals surface area (Å²) in [5, 5.41) is 13.6. The van der Waals surface area contributed by atoms with Gasteiger partial charge in [0.05, 0.1) is 11.1 Å². The Morgan fingerprint density at radius 3 is 2.74 bits per heavy atom. The maximum Gasteiger partial charge on any atom is 0.269 e. The number of non-ortho nitro benzene ring substituents is 1. The van der Waals surface area contributed by atoms with Gasteiger partial charge in [0.2, 0.25) is 11.9 Å². The zero-order valence-corrected chi connectivity index (χ0v) is 15.1. The van der Waals surface area contributed by atoms with Crippen LogP contribution in [0.15, 0.2) is 42.6 Å². The van der Waals surface area contributed by atoms with E-state index in [9.17, 15) is 14.9 Å². The van der Waals surface area contributed by atoms with Crippen molar-refractivity contribution in [1.82, 2.24) is 9.97 Å². The largest absolute Gasteiger partial charge is 0.328 e. The lowest BCUT2D eigenvalue weighted by Gasteiger charge is -2.28. The number of carbonyl (C=O) groups excluding carboxylic acids is 1. The molecule has 0 radical (unpaired) electrons. The van der Waals surface area contributed by atoms with E-state index >= 15 is 0 Å². The Morgan fingerprint density at radius 2 is 2.04 bits per heavy atom. The Hall–Kier alpha value is -2.96. The molecule has 2 aliphatic rings. The van der Waals surface area contributed by atoms with Gasteiger partial charge in [-0.3, -0.25) is 20.2 Å². The first kappa shape index (κ1) is 17.5. The normalized spacial score (nSPS) is 25.7. The van der Waals surface area contributed by atoms with E-state index in [1.165, 1.54) is 12.5 Å². The maximum absolute atomic E-state index is 11.1. The number of imidazole rings is 1. The molecule has 1 aromatic heterocycles. The Bertz CT molecular complexity index is 887. The summed E-state index contributed by atoms with van der Waals surface area (Å²) in [5.41, 5.74) is 2.33. The minimum Gasteiger partial charge on any atom is -0.328 e. The second-order valence-electron chi connectivity index (χ2n) is 7.46. The molecular weight excluding hydrogens is 344 g/mol. The number of hydrogen-bond donors (Lipinski definition) is 2. The predicted octanol–water partition coefficient (Wildman–Crippen LogP) is 3.81. The van der Waals surface area contributed by atoms with Gasteiger partial charge in [0.15, 0.2) is 0 Å². The number of rotatable bonds is 6. The van der Waals surface area contributed by atoms with Gasteiger partial charge in [-0.2, -0.15) is 0 Å². The molecule has 2 bridgehead atoms. The fourth-order valence-electron chi connectivity index (χ4n) is 4.67. The van der Waals surface area contributed by atoms with Crippen LogP contribution in [0.1, 0.15) is 36.9 Å². The van der Waals surface area contributed by atoms with Gasteiger partial charge in [-0.05, 0) is 48.5 Å². The summed E-state index contributed by atoms with van der Waals surface area (Å²) in [5.74, 6) is 2.32. The summed E-state index contributed by atoms with van der Waals surface area (Å²) in [6, 6.07) is 7.04. The first-order chi connectivity index (χ1) is 13.0. The number of nitro groups is 1. The highest BCUT2D eigenvalue weighted by Crippen LogP contribution is 2.54. The van der Waals surface area contributed by atoms with Crippen molar-refractivity contribution in [2.45, 2.75) is 32.1 Å². The quantitative estimate of drug-likeness (QED) is 0.461. The van der Waals surface area contributed by atoms with Crippen LogP contribution in [0.25, 0.3) is 0 Å². The lowest BCUT2D eigenvalue weighted by atomic mass is 9.76. The van der Waals surface area contributed by atoms with Crippen molar-refractivity contribution in [1.29, 1.82) is 0 Å². The molecule has 2 aromatic rings. The van der Waals surface area contributed by atoms with Crippen molar-refractivity contribution in [2.75, 3.05) is 5.32 Å². The molecule has 4 unspecified atom stereocenters. The average Bonchev–Trinajstić information content (AvgIpc) is 3.35. The van der Waals surface area contributed by atoms with E-state index in [-0.39, 0.29) is 16.5 Å². The zero-order chi connectivity index (χ0) is 19.0. The standard InChI is InChI=1S/C20H22N4O3/c1-12(25)22-20-21-11-16(23-20)6-9-18-14-2-3-15(10-14)19(18)13-4-7-17(8-5-13)24(26)27/h2-5,7-8,11,14-15,18-19H,6,9-10H2,1H3,(H2,21,22,23,25). The number of carbonyl (C=O) groups is 1. The number of benzene rings is 1. The molecule has 0 aliphatic heterocycles. The van der Waals surface area contributed by atoms with Crippen LogP contribution < -0.4 is 5.32 Å². The van der Waals surface area contributed by atoms with Crippen LogP contribution in [0.5, 0.6) is 0 Å². The van der Waals surface area contributed by atoms with Gasteiger partial charge in [0.25, 0.3) is 5.69 Å². The molecule has 2 N–H and O–H groups in total. The summed E-state index contributed by atoms with van der Waals surface area (Å²) < 4.78 is 0. The summed E-state index contributed by atoms with van der Waals surface area (Å²) >= 11 is 0. The summed E-state index contributed by atoms with van der Waals surface area (Å²) in [4.78, 5) is 29.0. The average molecular weight is 366 g/mol. The fraction of sp³-hybridized carbons (Fsp3) is 0.400. The van der Waals surface area contributed by atoms with E-state index in [2.05, 4.69) is 27.4 Å². The number of allylic oxidation sites excluding steroid dienone is 2. The first-order valence-corrected chi connectivity index (χ1v) is 9.25. The minimum atomic E-state index is -0.354. The molecule has 1 heterocycles. The SMILES string of the molecule is CC(=O)Nc1ncc(CCC2C3C=CC(C3)C2c2ccc([N+](=O)[O-])cc2)[nH]1. The van der Waals surface area contributed by atoms with Gasteiger partial charge in [0, 0.05) is 24.8 Å². The third-order valence-electron chi connectivity index (χ3n) is 5.78. The summed E-state index contributed by atoms with van der Waals surface area (Å²) in [6.07, 6.45) is 9.43. The number of aromatic nitrogens is 2. The monoisotopic (exact) mass is 366 g/mol. The van der Waals surface area contributed by atoms with Gasteiger partial charge in [0.1, 0.15) is 0 Å². The molecule has 1 fully saturated rings. The van der Waals surface area contributed by atoms with Gasteiger partial charge in [-0.1, -0.05) is 24.3 Å². The third-order valence-corrected chi connectivity index (χ3v) is 5.78. The molecule has 0 spiro atoms. The number of nitrogens with zero attached hydrogens (tertiary/aromatic N) is 2. The number of hydrogen-bond acceptors (Lipinski definition) is 4. The van der Waals surface area contributed by atoms with Crippen molar-refractivity contribution in [3.05, 3.63) is 64.0 Å². The van der Waals surface area contributed by atoms with Crippen LogP contribution in [-0.4, -0.2) is 20.8 Å². The van der Waals surface area contributed by atoms with E-state index in [1.807, 2.05) is 12.1 Å². The smallest absolute Gasteiger partial charge is 0.269 e. The summed E-state index contributed by atoms with van der Waals surface area (Å²) in [6.45, 7) is 1.46. The van der Waals surface area contributed by atoms with Crippen molar-refractivity contribution in [3.8, 4) is 0 Å². The highest BCUT2D eigenvalue weighted by atomic mass is 16.6. The molecule has 27 heavy (non-hydrogen) atoms. The molecule has 2 aliphatic carbocycles. The van der Waals surface area contributed by atoms with Gasteiger partial charge in [-0.15, -0.1) is 0 Å². The van der Waals surface area contributed by atoms with Crippen LogP contribution in [0.3, 0.4) is 0 Å². The zero-order valence-electron chi connectivity index (χ0n) is 15.1. The van der Waals surface area contributed by atoms with Gasteiger partial charge in [-0.25, -0.2) is 4.98 Å². The van der Waals surface area contributed by atoms with E-state index in [0.717, 1.165) is 25.0 Å². The number of amides is 1. The van der Waals surface area contributed by atoms with E-state index in [1.54, 1.807) is 18.3 Å². The second-order valence-corrected chi connectivity index (χ2v) is 7.46. The molecule has 1 aromatic carbocycles. The molecule has 1 saturated carbocycles. The highest BCUT2D eigenvalue weighted by molar-refractivity contribution is 5.86. The molecule has 7 heteroatoms. The third kappa shape index (κ3) is 3.49. The number of fused-ring (bicyclic) bond motifs is 2. The number of anilines is 1. The van der Waals surface area contributed by atoms with Gasteiger partial charge >= 0.3 is 0 Å². The first-order valence-electron chi connectivity index (χ1n) is 9.25. The Kier molecular flexibility index (Phi) is 4.51. The lowest BCUT2D eigenvalue weighted by molar-refractivity contribution is -0.384. The van der Waals surface area contributed by atoms with Crippen molar-refractivity contribution in [2.24, 2.45) is 17.8 Å². The second kappa shape index (κ2) is 6.98. The minimum absolute atomic E-state index is 0.136. The van der Waals surface area contributed by atoms with E-state index in [4.69, 9.17) is 0 Å². The van der Waals surface area contributed by atoms with Crippen LogP contribution in [-0.2, 0) is 11.2 Å². The van der Waals surface area contributed by atoms with Crippen LogP contribution in [0.4, 0.5) is 11.6 Å². The molecular formula is C20H22N4O3. The molecule has 140 valence electrons. The van der Waals surface area contributed by atoms with E-state index < -0.39 is 0 Å². The van der Waals surface area contributed by atoms with Crippen LogP contribution in [0, 0.1) is 27.9 Å². The van der Waals surface area contributed by atoms with Crippen molar-refractivity contribution < 1.29 is 9.72 Å². The van der Waals surface area contributed by atoms with Gasteiger partial charge < -0.3 is 4.98 Å². The molecule has 7 nitrogen and oxygen atoms in total. The summed E-state index contributed by atoms with van der Waals surface area (Å²) in [7, 11) is 0. The highest BCUT2D eigenvalue weighted by Gasteiger charge is 2.44. The predicted molar refractivity (Wildman–Crippen MR) is 101 cm³/mol. The number of H-pyrrole nitrogens is 1.